The molecular weight excluding hydrogens is 358 g/mol. The highest BCUT2D eigenvalue weighted by molar-refractivity contribution is 7.13. The standard InChI is InChI=1S/C20H23N5OS/c26-20(22-10-13-24-11-8-21-9-12-24)17-15-18(19-7-4-14-27-19)25(23-17)16-5-2-1-3-6-16/h1-7,14-15,21H,8-13H2,(H,22,26). The lowest BCUT2D eigenvalue weighted by Gasteiger charge is -2.26. The zero-order valence-corrected chi connectivity index (χ0v) is 15.9. The molecule has 1 aliphatic heterocycles. The molecule has 1 aliphatic rings. The molecule has 1 fully saturated rings. The molecule has 2 aromatic heterocycles. The number of rotatable bonds is 6. The number of carbonyl (C=O) groups is 1. The maximum absolute atomic E-state index is 12.6. The van der Waals surface area contributed by atoms with Crippen molar-refractivity contribution in [2.45, 2.75) is 0 Å². The van der Waals surface area contributed by atoms with Gasteiger partial charge in [-0.25, -0.2) is 4.68 Å². The predicted molar refractivity (Wildman–Crippen MR) is 109 cm³/mol. The minimum absolute atomic E-state index is 0.127. The molecule has 0 aliphatic carbocycles. The number of hydrogen-bond acceptors (Lipinski definition) is 5. The molecule has 0 radical (unpaired) electrons. The molecule has 2 N–H and O–H groups in total. The number of aromatic nitrogens is 2. The van der Waals surface area contributed by atoms with Gasteiger partial charge >= 0.3 is 0 Å². The van der Waals surface area contributed by atoms with E-state index in [1.54, 1.807) is 11.3 Å². The summed E-state index contributed by atoms with van der Waals surface area (Å²) in [6, 6.07) is 15.8. The maximum atomic E-state index is 12.6. The van der Waals surface area contributed by atoms with Crippen molar-refractivity contribution >= 4 is 17.2 Å². The van der Waals surface area contributed by atoms with E-state index in [1.807, 2.05) is 58.6 Å². The molecule has 0 atom stereocenters. The summed E-state index contributed by atoms with van der Waals surface area (Å²) >= 11 is 1.64. The van der Waals surface area contributed by atoms with Crippen molar-refractivity contribution in [2.24, 2.45) is 0 Å². The maximum Gasteiger partial charge on any atom is 0.271 e. The topological polar surface area (TPSA) is 62.2 Å². The van der Waals surface area contributed by atoms with E-state index >= 15 is 0 Å². The van der Waals surface area contributed by atoms with Crippen molar-refractivity contribution in [3.8, 4) is 16.3 Å². The normalized spacial score (nSPS) is 15.0. The molecule has 0 spiro atoms. The molecule has 3 aromatic rings. The van der Waals surface area contributed by atoms with Crippen LogP contribution in [0.3, 0.4) is 0 Å². The van der Waals surface area contributed by atoms with Gasteiger partial charge in [0.2, 0.25) is 0 Å². The summed E-state index contributed by atoms with van der Waals surface area (Å²) in [5, 5.41) is 13.0. The molecule has 1 aromatic carbocycles. The van der Waals surface area contributed by atoms with Crippen LogP contribution in [0.25, 0.3) is 16.3 Å². The van der Waals surface area contributed by atoms with Gasteiger partial charge in [0.25, 0.3) is 5.91 Å². The van der Waals surface area contributed by atoms with Crippen LogP contribution in [-0.2, 0) is 0 Å². The Hall–Kier alpha value is -2.48. The highest BCUT2D eigenvalue weighted by atomic mass is 32.1. The molecule has 3 heterocycles. The van der Waals surface area contributed by atoms with E-state index in [2.05, 4.69) is 20.6 Å². The van der Waals surface area contributed by atoms with Gasteiger partial charge in [0.15, 0.2) is 5.69 Å². The van der Waals surface area contributed by atoms with Crippen molar-refractivity contribution in [3.63, 3.8) is 0 Å². The van der Waals surface area contributed by atoms with Gasteiger partial charge in [0.1, 0.15) is 0 Å². The molecule has 7 heteroatoms. The Morgan fingerprint density at radius 2 is 1.96 bits per heavy atom. The number of carbonyl (C=O) groups excluding carboxylic acids is 1. The molecule has 140 valence electrons. The van der Waals surface area contributed by atoms with Crippen molar-refractivity contribution in [1.82, 2.24) is 25.3 Å². The van der Waals surface area contributed by atoms with E-state index in [4.69, 9.17) is 0 Å². The number of piperazine rings is 1. The van der Waals surface area contributed by atoms with Crippen molar-refractivity contribution in [3.05, 3.63) is 59.6 Å². The highest BCUT2D eigenvalue weighted by Crippen LogP contribution is 2.27. The Kier molecular flexibility index (Phi) is 5.62. The van der Waals surface area contributed by atoms with Crippen LogP contribution in [0.1, 0.15) is 10.5 Å². The van der Waals surface area contributed by atoms with Gasteiger partial charge in [-0.3, -0.25) is 9.69 Å². The number of hydrogen-bond donors (Lipinski definition) is 2. The summed E-state index contributed by atoms with van der Waals surface area (Å²) in [5.74, 6) is -0.127. The predicted octanol–water partition coefficient (Wildman–Crippen LogP) is 2.24. The SMILES string of the molecule is O=C(NCCN1CCNCC1)c1cc(-c2cccs2)n(-c2ccccc2)n1. The second-order valence-corrected chi connectivity index (χ2v) is 7.43. The van der Waals surface area contributed by atoms with Crippen LogP contribution in [-0.4, -0.2) is 59.9 Å². The molecule has 0 unspecified atom stereocenters. The first kappa shape index (κ1) is 17.9. The Morgan fingerprint density at radius 3 is 2.70 bits per heavy atom. The molecule has 6 nitrogen and oxygen atoms in total. The fourth-order valence-electron chi connectivity index (χ4n) is 3.21. The second-order valence-electron chi connectivity index (χ2n) is 6.49. The van der Waals surface area contributed by atoms with E-state index < -0.39 is 0 Å². The molecule has 1 amide bonds. The average Bonchev–Trinajstić information content (AvgIpc) is 3.39. The van der Waals surface area contributed by atoms with E-state index in [-0.39, 0.29) is 5.91 Å². The summed E-state index contributed by atoms with van der Waals surface area (Å²) in [6.45, 7) is 5.58. The van der Waals surface area contributed by atoms with Gasteiger partial charge in [-0.2, -0.15) is 5.10 Å². The van der Waals surface area contributed by atoms with Crippen LogP contribution in [0.4, 0.5) is 0 Å². The number of benzene rings is 1. The van der Waals surface area contributed by atoms with Gasteiger partial charge in [-0.15, -0.1) is 11.3 Å². The van der Waals surface area contributed by atoms with E-state index in [1.165, 1.54) is 0 Å². The zero-order chi connectivity index (χ0) is 18.5. The van der Waals surface area contributed by atoms with E-state index in [0.29, 0.717) is 12.2 Å². The van der Waals surface area contributed by atoms with Crippen LogP contribution in [0.15, 0.2) is 53.9 Å². The number of nitrogens with one attached hydrogen (secondary N) is 2. The average molecular weight is 382 g/mol. The second kappa shape index (κ2) is 8.47. The Morgan fingerprint density at radius 1 is 1.15 bits per heavy atom. The molecule has 0 saturated carbocycles. The molecule has 27 heavy (non-hydrogen) atoms. The number of thiophene rings is 1. The quantitative estimate of drug-likeness (QED) is 0.687. The van der Waals surface area contributed by atoms with Crippen LogP contribution in [0, 0.1) is 0 Å². The van der Waals surface area contributed by atoms with Crippen molar-refractivity contribution in [2.75, 3.05) is 39.3 Å². The largest absolute Gasteiger partial charge is 0.349 e. The minimum atomic E-state index is -0.127. The summed E-state index contributed by atoms with van der Waals surface area (Å²) in [4.78, 5) is 16.1. The number of nitrogens with zero attached hydrogens (tertiary/aromatic N) is 3. The van der Waals surface area contributed by atoms with E-state index in [9.17, 15) is 4.79 Å². The zero-order valence-electron chi connectivity index (χ0n) is 15.1. The monoisotopic (exact) mass is 381 g/mol. The first-order valence-electron chi connectivity index (χ1n) is 9.22. The Labute approximate surface area is 162 Å². The first-order chi connectivity index (χ1) is 13.3. The van der Waals surface area contributed by atoms with E-state index in [0.717, 1.165) is 49.0 Å². The van der Waals surface area contributed by atoms with Crippen LogP contribution >= 0.6 is 11.3 Å². The van der Waals surface area contributed by atoms with Crippen LogP contribution in [0.2, 0.25) is 0 Å². The smallest absolute Gasteiger partial charge is 0.271 e. The van der Waals surface area contributed by atoms with Gasteiger partial charge < -0.3 is 10.6 Å². The molecule has 1 saturated heterocycles. The highest BCUT2D eigenvalue weighted by Gasteiger charge is 2.17. The molecule has 0 bridgehead atoms. The lowest BCUT2D eigenvalue weighted by Crippen LogP contribution is -2.46. The summed E-state index contributed by atoms with van der Waals surface area (Å²) in [5.41, 5.74) is 2.33. The summed E-state index contributed by atoms with van der Waals surface area (Å²) < 4.78 is 1.84. The lowest BCUT2D eigenvalue weighted by molar-refractivity contribution is 0.0942. The van der Waals surface area contributed by atoms with Crippen LogP contribution < -0.4 is 10.6 Å². The van der Waals surface area contributed by atoms with Gasteiger partial charge in [-0.05, 0) is 29.6 Å². The van der Waals surface area contributed by atoms with Gasteiger partial charge in [0.05, 0.1) is 16.3 Å². The third kappa shape index (κ3) is 4.27. The van der Waals surface area contributed by atoms with Crippen LogP contribution in [0.5, 0.6) is 0 Å². The fraction of sp³-hybridized carbons (Fsp3) is 0.300. The van der Waals surface area contributed by atoms with Gasteiger partial charge in [0, 0.05) is 39.3 Å². The first-order valence-corrected chi connectivity index (χ1v) is 10.1. The number of para-hydroxylation sites is 1. The van der Waals surface area contributed by atoms with Crippen molar-refractivity contribution < 1.29 is 4.79 Å². The Bertz CT molecular complexity index is 869. The third-order valence-corrected chi connectivity index (χ3v) is 5.53. The minimum Gasteiger partial charge on any atom is -0.349 e. The Balaban J connectivity index is 1.50. The summed E-state index contributed by atoms with van der Waals surface area (Å²) in [7, 11) is 0. The third-order valence-electron chi connectivity index (χ3n) is 4.64. The fourth-order valence-corrected chi connectivity index (χ4v) is 3.94. The lowest BCUT2D eigenvalue weighted by atomic mass is 10.2. The number of amides is 1. The molecule has 4 rings (SSSR count). The van der Waals surface area contributed by atoms with Gasteiger partial charge in [-0.1, -0.05) is 24.3 Å². The molecular formula is C20H23N5OS. The van der Waals surface area contributed by atoms with Crippen molar-refractivity contribution in [1.29, 1.82) is 0 Å². The summed E-state index contributed by atoms with van der Waals surface area (Å²) in [6.07, 6.45) is 0.